The molecule has 5 nitrogen and oxygen atoms in total. The van der Waals surface area contributed by atoms with Crippen LogP contribution < -0.4 is 0 Å². The minimum atomic E-state index is -5.72. The number of halogens is 5. The number of aromatic nitrogens is 3. The quantitative estimate of drug-likeness (QED) is 0.477. The van der Waals surface area contributed by atoms with Crippen molar-refractivity contribution in [1.82, 2.24) is 14.5 Å². The van der Waals surface area contributed by atoms with E-state index in [0.717, 1.165) is 12.4 Å². The molecule has 0 atom stereocenters. The lowest BCUT2D eigenvalue weighted by molar-refractivity contribution is -0.286. The highest BCUT2D eigenvalue weighted by Crippen LogP contribution is 2.37. The van der Waals surface area contributed by atoms with Gasteiger partial charge in [-0.05, 0) is 42.7 Å². The number of allylic oxidation sites excluding steroid dienone is 1. The smallest absolute Gasteiger partial charge is 0.324 e. The van der Waals surface area contributed by atoms with E-state index in [0.29, 0.717) is 15.8 Å². The van der Waals surface area contributed by atoms with Crippen LogP contribution in [0, 0.1) is 12.8 Å². The third kappa shape index (κ3) is 5.25. The summed E-state index contributed by atoms with van der Waals surface area (Å²) in [6.45, 7) is 8.58. The van der Waals surface area contributed by atoms with Crippen molar-refractivity contribution in [2.75, 3.05) is 5.75 Å². The molecule has 0 saturated carbocycles. The Balaban J connectivity index is 2.68. The molecular weight excluding hydrogens is 453 g/mol. The Hall–Kier alpha value is -2.56. The van der Waals surface area contributed by atoms with Gasteiger partial charge in [-0.3, -0.25) is 4.98 Å². The van der Waals surface area contributed by atoms with Crippen molar-refractivity contribution < 1.29 is 30.4 Å². The first-order valence-electron chi connectivity index (χ1n) is 9.69. The van der Waals surface area contributed by atoms with E-state index in [9.17, 15) is 30.4 Å². The van der Waals surface area contributed by atoms with E-state index in [4.69, 9.17) is 0 Å². The second kappa shape index (κ2) is 9.13. The Morgan fingerprint density at radius 2 is 1.84 bits per heavy atom. The summed E-state index contributed by atoms with van der Waals surface area (Å²) in [5.41, 5.74) is 1.20. The van der Waals surface area contributed by atoms with E-state index in [2.05, 4.69) is 16.5 Å². The van der Waals surface area contributed by atoms with Crippen molar-refractivity contribution in [3.05, 3.63) is 47.8 Å². The van der Waals surface area contributed by atoms with Gasteiger partial charge in [0.25, 0.3) is 0 Å². The largest absolute Gasteiger partial charge is 0.455 e. The van der Waals surface area contributed by atoms with E-state index in [1.807, 2.05) is 0 Å². The van der Waals surface area contributed by atoms with Gasteiger partial charge in [-0.15, -0.1) is 0 Å². The molecule has 0 fully saturated rings. The number of sulfone groups is 1. The third-order valence-corrected chi connectivity index (χ3v) is 6.54. The van der Waals surface area contributed by atoms with Gasteiger partial charge in [0.1, 0.15) is 0 Å². The molecule has 0 radical (unpaired) electrons. The molecule has 0 bridgehead atoms. The second-order valence-corrected chi connectivity index (χ2v) is 9.75. The zero-order valence-electron chi connectivity index (χ0n) is 18.0. The van der Waals surface area contributed by atoms with Crippen LogP contribution in [0.4, 0.5) is 22.0 Å². The van der Waals surface area contributed by atoms with Gasteiger partial charge in [0.15, 0.2) is 9.84 Å². The molecule has 2 aromatic rings. The molecule has 0 aromatic carbocycles. The maximum absolute atomic E-state index is 13.6. The number of nitrogens with zero attached hydrogens (tertiary/aromatic N) is 3. The molecule has 0 aliphatic rings. The molecule has 0 saturated heterocycles. The van der Waals surface area contributed by atoms with Crippen LogP contribution in [-0.4, -0.2) is 40.8 Å². The van der Waals surface area contributed by atoms with Crippen molar-refractivity contribution >= 4 is 27.6 Å². The number of aryl methyl sites for hydroxylation is 1. The van der Waals surface area contributed by atoms with Gasteiger partial charge < -0.3 is 4.57 Å². The van der Waals surface area contributed by atoms with Crippen molar-refractivity contribution in [3.8, 4) is 0 Å². The van der Waals surface area contributed by atoms with Crippen LogP contribution in [0.25, 0.3) is 17.7 Å². The molecule has 0 aliphatic carbocycles. The summed E-state index contributed by atoms with van der Waals surface area (Å²) in [6.07, 6.45) is -2.28. The topological polar surface area (TPSA) is 64.8 Å². The van der Waals surface area contributed by atoms with Crippen LogP contribution in [0.2, 0.25) is 0 Å². The first kappa shape index (κ1) is 25.7. The first-order valence-corrected chi connectivity index (χ1v) is 11.3. The third-order valence-electron chi connectivity index (χ3n) is 4.79. The number of pyridine rings is 1. The summed E-state index contributed by atoms with van der Waals surface area (Å²) in [4.78, 5) is 8.36. The lowest BCUT2D eigenvalue weighted by Crippen LogP contribution is -2.40. The molecule has 2 heterocycles. The van der Waals surface area contributed by atoms with Gasteiger partial charge in [-0.1, -0.05) is 27.4 Å². The van der Waals surface area contributed by atoms with Gasteiger partial charge in [-0.25, -0.2) is 13.4 Å². The monoisotopic (exact) mass is 477 g/mol. The fraction of sp³-hybridized carbons (Fsp3) is 0.429. The molecular formula is C21H24F5N3O2S. The number of alkyl halides is 5. The molecule has 0 N–H and O–H groups in total. The van der Waals surface area contributed by atoms with E-state index in [1.165, 1.54) is 19.1 Å². The maximum atomic E-state index is 13.6. The Bertz CT molecular complexity index is 1130. The van der Waals surface area contributed by atoms with Gasteiger partial charge in [0.2, 0.25) is 0 Å². The predicted molar refractivity (Wildman–Crippen MR) is 113 cm³/mol. The Kier molecular flexibility index (Phi) is 7.33. The van der Waals surface area contributed by atoms with Gasteiger partial charge >= 0.3 is 12.1 Å². The summed E-state index contributed by atoms with van der Waals surface area (Å²) >= 11 is 0. The molecule has 2 rings (SSSR count). The van der Waals surface area contributed by atoms with Crippen molar-refractivity contribution in [3.63, 3.8) is 0 Å². The minimum Gasteiger partial charge on any atom is -0.324 e. The van der Waals surface area contributed by atoms with Gasteiger partial charge in [0.05, 0.1) is 40.6 Å². The van der Waals surface area contributed by atoms with E-state index >= 15 is 0 Å². The summed E-state index contributed by atoms with van der Waals surface area (Å²) in [5, 5.41) is 0. The number of hydrogen-bond donors (Lipinski definition) is 0. The normalized spacial score (nSPS) is 13.6. The van der Waals surface area contributed by atoms with Crippen molar-refractivity contribution in [1.29, 1.82) is 0 Å². The Morgan fingerprint density at radius 3 is 2.34 bits per heavy atom. The van der Waals surface area contributed by atoms with E-state index in [1.54, 1.807) is 26.8 Å². The molecule has 11 heteroatoms. The summed E-state index contributed by atoms with van der Waals surface area (Å²) in [5.74, 6) is -5.39. The number of rotatable bonds is 8. The summed E-state index contributed by atoms with van der Waals surface area (Å²) in [6, 6.07) is 3.01. The molecule has 176 valence electrons. The van der Waals surface area contributed by atoms with Crippen molar-refractivity contribution in [2.24, 2.45) is 5.92 Å². The van der Waals surface area contributed by atoms with Crippen LogP contribution in [0.15, 0.2) is 29.9 Å². The zero-order chi connectivity index (χ0) is 24.5. The average molecular weight is 477 g/mol. The molecule has 0 amide bonds. The molecule has 2 aromatic heterocycles. The second-order valence-electron chi connectivity index (χ2n) is 7.51. The highest BCUT2D eigenvalue weighted by atomic mass is 32.2. The highest BCUT2D eigenvalue weighted by molar-refractivity contribution is 7.91. The van der Waals surface area contributed by atoms with Crippen LogP contribution in [0.3, 0.4) is 0 Å². The Morgan fingerprint density at radius 1 is 1.22 bits per heavy atom. The zero-order valence-corrected chi connectivity index (χ0v) is 18.9. The molecule has 0 aliphatic heterocycles. The fourth-order valence-electron chi connectivity index (χ4n) is 2.98. The number of hydrogen-bond acceptors (Lipinski definition) is 4. The van der Waals surface area contributed by atoms with Crippen molar-refractivity contribution in [2.45, 2.75) is 51.2 Å². The van der Waals surface area contributed by atoms with Crippen LogP contribution in [0.5, 0.6) is 0 Å². The maximum Gasteiger partial charge on any atom is 0.455 e. The first-order chi connectivity index (χ1) is 14.6. The molecule has 0 unspecified atom stereocenters. The van der Waals surface area contributed by atoms with Crippen LogP contribution in [0.1, 0.15) is 43.5 Å². The molecule has 32 heavy (non-hydrogen) atoms. The van der Waals surface area contributed by atoms with Gasteiger partial charge in [0, 0.05) is 5.69 Å². The predicted octanol–water partition coefficient (Wildman–Crippen LogP) is 5.42. The lowest BCUT2D eigenvalue weighted by atomic mass is 9.97. The minimum absolute atomic E-state index is 0.00809. The number of imidazole rings is 1. The molecule has 0 spiro atoms. The Labute approximate surface area is 183 Å². The van der Waals surface area contributed by atoms with Crippen LogP contribution in [-0.2, 0) is 16.4 Å². The highest BCUT2D eigenvalue weighted by Gasteiger charge is 2.57. The van der Waals surface area contributed by atoms with E-state index < -0.39 is 28.5 Å². The lowest BCUT2D eigenvalue weighted by Gasteiger charge is -2.20. The average Bonchev–Trinajstić information content (AvgIpc) is 3.05. The van der Waals surface area contributed by atoms with E-state index in [-0.39, 0.29) is 33.6 Å². The SMILES string of the molecule is C=Cc1c(/C=C(/c2nc(C)ccc2S(=O)(=O)CC)C(C)C)ncn1CC(F)(F)C(F)(F)F. The summed E-state index contributed by atoms with van der Waals surface area (Å²) in [7, 11) is -3.64. The summed E-state index contributed by atoms with van der Waals surface area (Å²) < 4.78 is 90.9. The standard InChI is InChI=1S/C21H24F5N3O2S/c1-6-17-16(27-12-29(17)11-20(22,23)21(24,25)26)10-15(13(3)4)19-18(32(30,31)7-2)9-8-14(5)28-19/h6,8-10,12-13H,1,7,11H2,2-5H3/b15-10+. The van der Waals surface area contributed by atoms with Gasteiger partial charge in [-0.2, -0.15) is 22.0 Å². The van der Waals surface area contributed by atoms with Crippen LogP contribution >= 0.6 is 0 Å². The fourth-order valence-corrected chi connectivity index (χ4v) is 4.03.